The van der Waals surface area contributed by atoms with Crippen LogP contribution in [0.25, 0.3) is 0 Å². The normalized spacial score (nSPS) is 16.9. The molecule has 1 aliphatic heterocycles. The average molecular weight is 417 g/mol. The van der Waals surface area contributed by atoms with Gasteiger partial charge in [-0.25, -0.2) is 8.42 Å². The fourth-order valence-electron chi connectivity index (χ4n) is 3.65. The third kappa shape index (κ3) is 4.97. The number of ether oxygens (including phenoxy) is 1. The lowest BCUT2D eigenvalue weighted by molar-refractivity contribution is -0.126. The Labute approximate surface area is 172 Å². The zero-order chi connectivity index (χ0) is 20.9. The van der Waals surface area contributed by atoms with Gasteiger partial charge in [0.1, 0.15) is 5.75 Å². The van der Waals surface area contributed by atoms with Crippen molar-refractivity contribution < 1.29 is 17.9 Å². The summed E-state index contributed by atoms with van der Waals surface area (Å²) in [6.45, 7) is 2.74. The van der Waals surface area contributed by atoms with E-state index in [1.807, 2.05) is 31.2 Å². The summed E-state index contributed by atoms with van der Waals surface area (Å²) in [6, 6.07) is 16.1. The van der Waals surface area contributed by atoms with Crippen molar-refractivity contribution in [1.29, 1.82) is 0 Å². The second-order valence-corrected chi connectivity index (χ2v) is 9.17. The smallest absolute Gasteiger partial charge is 0.243 e. The van der Waals surface area contributed by atoms with Crippen LogP contribution in [0.15, 0.2) is 59.5 Å². The molecule has 1 atom stereocenters. The van der Waals surface area contributed by atoms with E-state index in [2.05, 4.69) is 5.32 Å². The van der Waals surface area contributed by atoms with Crippen molar-refractivity contribution in [2.24, 2.45) is 5.92 Å². The number of benzene rings is 2. The van der Waals surface area contributed by atoms with Gasteiger partial charge in [0.25, 0.3) is 0 Å². The van der Waals surface area contributed by atoms with Crippen LogP contribution in [0.2, 0.25) is 0 Å². The number of piperidine rings is 1. The summed E-state index contributed by atoms with van der Waals surface area (Å²) in [5.41, 5.74) is 1.03. The zero-order valence-electron chi connectivity index (χ0n) is 16.9. The van der Waals surface area contributed by atoms with Crippen molar-refractivity contribution in [3.05, 3.63) is 60.2 Å². The minimum Gasteiger partial charge on any atom is -0.497 e. The molecule has 1 N–H and O–H groups in total. The highest BCUT2D eigenvalue weighted by Gasteiger charge is 2.32. The molecule has 2 aromatic carbocycles. The lowest BCUT2D eigenvalue weighted by Gasteiger charge is -2.31. The fraction of sp³-hybridized carbons (Fsp3) is 0.409. The van der Waals surface area contributed by atoms with Crippen LogP contribution in [0.4, 0.5) is 0 Å². The Kier molecular flexibility index (Phi) is 6.92. The molecule has 0 unspecified atom stereocenters. The van der Waals surface area contributed by atoms with Crippen molar-refractivity contribution in [3.8, 4) is 5.75 Å². The number of nitrogens with zero attached hydrogens (tertiary/aromatic N) is 1. The molecule has 0 radical (unpaired) electrons. The van der Waals surface area contributed by atoms with Crippen LogP contribution in [0, 0.1) is 5.92 Å². The molecular weight excluding hydrogens is 388 g/mol. The zero-order valence-corrected chi connectivity index (χ0v) is 17.7. The van der Waals surface area contributed by atoms with Crippen LogP contribution < -0.4 is 10.1 Å². The molecule has 1 saturated heterocycles. The molecular formula is C22H28N2O4S. The van der Waals surface area contributed by atoms with Gasteiger partial charge in [0.15, 0.2) is 0 Å². The first-order valence-corrected chi connectivity index (χ1v) is 11.4. The van der Waals surface area contributed by atoms with E-state index >= 15 is 0 Å². The third-order valence-electron chi connectivity index (χ3n) is 5.45. The maximum Gasteiger partial charge on any atom is 0.243 e. The van der Waals surface area contributed by atoms with E-state index in [1.165, 1.54) is 4.31 Å². The number of methoxy groups -OCH3 is 1. The van der Waals surface area contributed by atoms with E-state index in [0.29, 0.717) is 30.8 Å². The van der Waals surface area contributed by atoms with E-state index < -0.39 is 10.0 Å². The first-order chi connectivity index (χ1) is 14.0. The third-order valence-corrected chi connectivity index (χ3v) is 7.36. The molecule has 0 bridgehead atoms. The largest absolute Gasteiger partial charge is 0.497 e. The highest BCUT2D eigenvalue weighted by Crippen LogP contribution is 2.26. The Morgan fingerprint density at radius 1 is 1.10 bits per heavy atom. The molecule has 0 spiro atoms. The topological polar surface area (TPSA) is 75.7 Å². The van der Waals surface area contributed by atoms with Crippen molar-refractivity contribution in [2.45, 2.75) is 37.1 Å². The number of sulfonamides is 1. The molecule has 3 rings (SSSR count). The van der Waals surface area contributed by atoms with Gasteiger partial charge in [-0.15, -0.1) is 0 Å². The van der Waals surface area contributed by atoms with Crippen LogP contribution in [0.3, 0.4) is 0 Å². The SMILES string of the molecule is CC[C@@H](NC(=O)C1CCN(S(=O)(=O)c2ccccc2)CC1)c1ccc(OC)cc1. The molecule has 0 saturated carbocycles. The quantitative estimate of drug-likeness (QED) is 0.751. The molecule has 0 aromatic heterocycles. The van der Waals surface area contributed by atoms with Crippen molar-refractivity contribution in [2.75, 3.05) is 20.2 Å². The maximum atomic E-state index is 12.8. The summed E-state index contributed by atoms with van der Waals surface area (Å²) in [5.74, 6) is 0.593. The molecule has 1 fully saturated rings. The van der Waals surface area contributed by atoms with Crippen LogP contribution in [-0.4, -0.2) is 38.8 Å². The van der Waals surface area contributed by atoms with Crippen molar-refractivity contribution >= 4 is 15.9 Å². The molecule has 1 heterocycles. The second-order valence-electron chi connectivity index (χ2n) is 7.23. The van der Waals surface area contributed by atoms with E-state index in [4.69, 9.17) is 4.74 Å². The number of amides is 1. The van der Waals surface area contributed by atoms with Crippen LogP contribution in [0.1, 0.15) is 37.8 Å². The first kappa shape index (κ1) is 21.3. The molecule has 156 valence electrons. The van der Waals surface area contributed by atoms with Gasteiger partial charge in [0, 0.05) is 19.0 Å². The predicted molar refractivity (Wildman–Crippen MR) is 112 cm³/mol. The molecule has 29 heavy (non-hydrogen) atoms. The predicted octanol–water partition coefficient (Wildman–Crippen LogP) is 3.36. The summed E-state index contributed by atoms with van der Waals surface area (Å²) in [4.78, 5) is 13.1. The standard InChI is InChI=1S/C22H28N2O4S/c1-3-21(17-9-11-19(28-2)12-10-17)23-22(25)18-13-15-24(16-14-18)29(26,27)20-7-5-4-6-8-20/h4-12,18,21H,3,13-16H2,1-2H3,(H,23,25)/t21-/m1/s1. The molecule has 1 amide bonds. The average Bonchev–Trinajstić information content (AvgIpc) is 2.78. The van der Waals surface area contributed by atoms with Crippen LogP contribution >= 0.6 is 0 Å². The van der Waals surface area contributed by atoms with Gasteiger partial charge < -0.3 is 10.1 Å². The van der Waals surface area contributed by atoms with E-state index in [9.17, 15) is 13.2 Å². The fourth-order valence-corrected chi connectivity index (χ4v) is 5.14. The van der Waals surface area contributed by atoms with Crippen LogP contribution in [-0.2, 0) is 14.8 Å². The number of nitrogens with one attached hydrogen (secondary N) is 1. The highest BCUT2D eigenvalue weighted by atomic mass is 32.2. The van der Waals surface area contributed by atoms with Gasteiger partial charge in [0.2, 0.25) is 15.9 Å². The van der Waals surface area contributed by atoms with Gasteiger partial charge in [-0.2, -0.15) is 4.31 Å². The molecule has 0 aliphatic carbocycles. The van der Waals surface area contributed by atoms with E-state index in [0.717, 1.165) is 17.7 Å². The summed E-state index contributed by atoms with van der Waals surface area (Å²) < 4.78 is 32.1. The minimum atomic E-state index is -3.50. The summed E-state index contributed by atoms with van der Waals surface area (Å²) in [6.07, 6.45) is 1.83. The number of hydrogen-bond donors (Lipinski definition) is 1. The number of carbonyl (C=O) groups excluding carboxylic acids is 1. The first-order valence-electron chi connectivity index (χ1n) is 9.95. The van der Waals surface area contributed by atoms with E-state index in [1.54, 1.807) is 37.4 Å². The van der Waals surface area contributed by atoms with Crippen LogP contribution in [0.5, 0.6) is 5.75 Å². The van der Waals surface area contributed by atoms with Gasteiger partial charge in [0.05, 0.1) is 18.0 Å². The second kappa shape index (κ2) is 9.41. The lowest BCUT2D eigenvalue weighted by atomic mass is 9.95. The number of hydrogen-bond acceptors (Lipinski definition) is 4. The molecule has 6 nitrogen and oxygen atoms in total. The van der Waals surface area contributed by atoms with Gasteiger partial charge in [-0.3, -0.25) is 4.79 Å². The highest BCUT2D eigenvalue weighted by molar-refractivity contribution is 7.89. The van der Waals surface area contributed by atoms with Gasteiger partial charge in [-0.05, 0) is 49.1 Å². The number of carbonyl (C=O) groups is 1. The Hall–Kier alpha value is -2.38. The Morgan fingerprint density at radius 3 is 2.28 bits per heavy atom. The van der Waals surface area contributed by atoms with E-state index in [-0.39, 0.29) is 17.9 Å². The Morgan fingerprint density at radius 2 is 1.72 bits per heavy atom. The van der Waals surface area contributed by atoms with Gasteiger partial charge in [-0.1, -0.05) is 37.3 Å². The van der Waals surface area contributed by atoms with Gasteiger partial charge >= 0.3 is 0 Å². The monoisotopic (exact) mass is 416 g/mol. The van der Waals surface area contributed by atoms with Crippen molar-refractivity contribution in [1.82, 2.24) is 9.62 Å². The summed E-state index contributed by atoms with van der Waals surface area (Å²) in [7, 11) is -1.88. The molecule has 7 heteroatoms. The summed E-state index contributed by atoms with van der Waals surface area (Å²) >= 11 is 0. The summed E-state index contributed by atoms with van der Waals surface area (Å²) in [5, 5.41) is 3.13. The minimum absolute atomic E-state index is 0.00979. The Balaban J connectivity index is 1.59. The van der Waals surface area contributed by atoms with Crippen molar-refractivity contribution in [3.63, 3.8) is 0 Å². The Bertz CT molecular complexity index is 906. The maximum absolute atomic E-state index is 12.8. The number of rotatable bonds is 7. The lowest BCUT2D eigenvalue weighted by Crippen LogP contribution is -2.43. The molecule has 2 aromatic rings. The molecule has 1 aliphatic rings.